The van der Waals surface area contributed by atoms with Crippen LogP contribution < -0.4 is 0 Å². The van der Waals surface area contributed by atoms with E-state index >= 15 is 0 Å². The molecule has 2 heteroatoms. The van der Waals surface area contributed by atoms with Crippen LogP contribution in [0.3, 0.4) is 0 Å². The van der Waals surface area contributed by atoms with Crippen LogP contribution >= 0.6 is 0 Å². The molecule has 0 saturated carbocycles. The lowest BCUT2D eigenvalue weighted by atomic mass is 10.1. The summed E-state index contributed by atoms with van der Waals surface area (Å²) < 4.78 is 25.7. The molecule has 1 rings (SSSR count). The van der Waals surface area contributed by atoms with Gasteiger partial charge >= 0.3 is 0 Å². The first-order valence-corrected chi connectivity index (χ1v) is 4.62. The molecule has 0 nitrogen and oxygen atoms in total. The number of hydrogen-bond acceptors (Lipinski definition) is 0. The summed E-state index contributed by atoms with van der Waals surface area (Å²) in [6.45, 7) is 3.27. The second-order valence-electron chi connectivity index (χ2n) is 2.98. The molecule has 0 aliphatic heterocycles. The molecule has 0 radical (unpaired) electrons. The van der Waals surface area contributed by atoms with E-state index in [1.165, 1.54) is 12.1 Å². The second-order valence-corrected chi connectivity index (χ2v) is 2.98. The van der Waals surface area contributed by atoms with Gasteiger partial charge in [0.15, 0.2) is 0 Å². The average Bonchev–Trinajstić information content (AvgIpc) is 2.26. The minimum Gasteiger partial charge on any atom is -0.207 e. The minimum atomic E-state index is -0.403. The molecule has 0 fully saturated rings. The number of hydrogen-bond donors (Lipinski definition) is 0. The molecule has 78 valence electrons. The topological polar surface area (TPSA) is 0 Å². The third kappa shape index (κ3) is 3.90. The summed E-state index contributed by atoms with van der Waals surface area (Å²) in [6, 6.07) is 6.52. The van der Waals surface area contributed by atoms with E-state index in [2.05, 4.69) is 6.58 Å². The van der Waals surface area contributed by atoms with E-state index in [-0.39, 0.29) is 5.82 Å². The number of allylic oxidation sites excluding steroid dienone is 5. The van der Waals surface area contributed by atoms with Gasteiger partial charge in [0.25, 0.3) is 0 Å². The van der Waals surface area contributed by atoms with Crippen LogP contribution in [0.4, 0.5) is 8.78 Å². The maximum atomic E-state index is 13.1. The van der Waals surface area contributed by atoms with Gasteiger partial charge in [-0.05, 0) is 30.2 Å². The molecule has 0 atom stereocenters. The molecule has 0 saturated heterocycles. The second kappa shape index (κ2) is 5.91. The molecule has 0 aliphatic rings. The Morgan fingerprint density at radius 3 is 2.73 bits per heavy atom. The molecule has 0 unspecified atom stereocenters. The predicted octanol–water partition coefficient (Wildman–Crippen LogP) is 3.96. The van der Waals surface area contributed by atoms with E-state index in [0.29, 0.717) is 12.0 Å². The fourth-order valence-corrected chi connectivity index (χ4v) is 1.09. The molecule has 1 aromatic carbocycles. The zero-order valence-electron chi connectivity index (χ0n) is 8.29. The lowest BCUT2D eigenvalue weighted by molar-refractivity contribution is 0.615. The van der Waals surface area contributed by atoms with E-state index in [9.17, 15) is 8.78 Å². The van der Waals surface area contributed by atoms with Gasteiger partial charge < -0.3 is 0 Å². The molecule has 0 heterocycles. The van der Waals surface area contributed by atoms with E-state index in [4.69, 9.17) is 0 Å². The highest BCUT2D eigenvalue weighted by atomic mass is 19.1. The lowest BCUT2D eigenvalue weighted by Crippen LogP contribution is -1.85. The number of halogens is 2. The third-order valence-electron chi connectivity index (χ3n) is 1.88. The summed E-state index contributed by atoms with van der Waals surface area (Å²) in [5, 5.41) is 0. The van der Waals surface area contributed by atoms with Crippen molar-refractivity contribution in [2.75, 3.05) is 0 Å². The van der Waals surface area contributed by atoms with Crippen LogP contribution in [-0.4, -0.2) is 0 Å². The van der Waals surface area contributed by atoms with Gasteiger partial charge in [0.1, 0.15) is 11.6 Å². The Morgan fingerprint density at radius 2 is 2.07 bits per heavy atom. The first-order valence-electron chi connectivity index (χ1n) is 4.62. The molecule has 0 spiro atoms. The van der Waals surface area contributed by atoms with Crippen LogP contribution in [0.15, 0.2) is 61.0 Å². The Kier molecular flexibility index (Phi) is 4.48. The fraction of sp³-hybridized carbons (Fsp3) is 0.0769. The molecule has 1 aromatic rings. The van der Waals surface area contributed by atoms with Crippen LogP contribution in [0.5, 0.6) is 0 Å². The van der Waals surface area contributed by atoms with E-state index in [0.717, 1.165) is 6.08 Å². The molecule has 0 aliphatic carbocycles. The SMILES string of the molecule is C=C/C(F)=C\C=C\Cc1ccccc1F. The van der Waals surface area contributed by atoms with Gasteiger partial charge in [-0.15, -0.1) is 0 Å². The molecular formula is C13H12F2. The van der Waals surface area contributed by atoms with Gasteiger partial charge in [-0.2, -0.15) is 0 Å². The molecule has 0 N–H and O–H groups in total. The van der Waals surface area contributed by atoms with Crippen LogP contribution in [0.25, 0.3) is 0 Å². The Hall–Kier alpha value is -1.70. The Bertz CT molecular complexity index is 389. The summed E-state index contributed by atoms with van der Waals surface area (Å²) in [5.41, 5.74) is 0.598. The maximum absolute atomic E-state index is 13.1. The fourth-order valence-electron chi connectivity index (χ4n) is 1.09. The van der Waals surface area contributed by atoms with Crippen LogP contribution in [-0.2, 0) is 6.42 Å². The summed E-state index contributed by atoms with van der Waals surface area (Å²) in [6.07, 6.45) is 6.10. The van der Waals surface area contributed by atoms with Crippen molar-refractivity contribution in [2.45, 2.75) is 6.42 Å². The Morgan fingerprint density at radius 1 is 1.33 bits per heavy atom. The van der Waals surface area contributed by atoms with E-state index in [1.807, 2.05) is 0 Å². The van der Waals surface area contributed by atoms with Gasteiger partial charge in [-0.3, -0.25) is 0 Å². The van der Waals surface area contributed by atoms with Gasteiger partial charge in [-0.1, -0.05) is 36.9 Å². The van der Waals surface area contributed by atoms with E-state index in [1.54, 1.807) is 30.4 Å². The van der Waals surface area contributed by atoms with Crippen molar-refractivity contribution in [3.05, 3.63) is 72.4 Å². The number of benzene rings is 1. The van der Waals surface area contributed by atoms with Crippen LogP contribution in [0, 0.1) is 5.82 Å². The van der Waals surface area contributed by atoms with Crippen molar-refractivity contribution in [1.82, 2.24) is 0 Å². The van der Waals surface area contributed by atoms with Gasteiger partial charge in [0, 0.05) is 0 Å². The van der Waals surface area contributed by atoms with Crippen molar-refractivity contribution >= 4 is 0 Å². The quantitative estimate of drug-likeness (QED) is 0.654. The molecule has 0 aromatic heterocycles. The van der Waals surface area contributed by atoms with Gasteiger partial charge in [-0.25, -0.2) is 8.78 Å². The Balaban J connectivity index is 2.58. The van der Waals surface area contributed by atoms with Crippen LogP contribution in [0.2, 0.25) is 0 Å². The predicted molar refractivity (Wildman–Crippen MR) is 58.6 cm³/mol. The standard InChI is InChI=1S/C13H12F2/c1-2-12(14)9-5-3-7-11-8-4-6-10-13(11)15/h2-6,8-10H,1,7H2/b5-3+,12-9+. The monoisotopic (exact) mass is 206 g/mol. The normalized spacial score (nSPS) is 12.0. The van der Waals surface area contributed by atoms with Crippen molar-refractivity contribution in [1.29, 1.82) is 0 Å². The van der Waals surface area contributed by atoms with Crippen molar-refractivity contribution in [2.24, 2.45) is 0 Å². The van der Waals surface area contributed by atoms with Crippen molar-refractivity contribution in [3.63, 3.8) is 0 Å². The molecule has 0 amide bonds. The largest absolute Gasteiger partial charge is 0.207 e. The smallest absolute Gasteiger partial charge is 0.126 e. The highest BCUT2D eigenvalue weighted by molar-refractivity contribution is 5.22. The number of rotatable bonds is 4. The van der Waals surface area contributed by atoms with Crippen LogP contribution in [0.1, 0.15) is 5.56 Å². The third-order valence-corrected chi connectivity index (χ3v) is 1.88. The van der Waals surface area contributed by atoms with Crippen molar-refractivity contribution < 1.29 is 8.78 Å². The first kappa shape index (κ1) is 11.4. The zero-order chi connectivity index (χ0) is 11.1. The summed E-state index contributed by atoms with van der Waals surface area (Å²) in [5.74, 6) is -0.643. The highest BCUT2D eigenvalue weighted by Crippen LogP contribution is 2.07. The summed E-state index contributed by atoms with van der Waals surface area (Å²) in [4.78, 5) is 0. The average molecular weight is 206 g/mol. The van der Waals surface area contributed by atoms with E-state index < -0.39 is 5.83 Å². The summed E-state index contributed by atoms with van der Waals surface area (Å²) in [7, 11) is 0. The first-order chi connectivity index (χ1) is 7.24. The highest BCUT2D eigenvalue weighted by Gasteiger charge is 1.96. The van der Waals surface area contributed by atoms with Gasteiger partial charge in [0.05, 0.1) is 0 Å². The van der Waals surface area contributed by atoms with Gasteiger partial charge in [0.2, 0.25) is 0 Å². The molecule has 0 bridgehead atoms. The molecular weight excluding hydrogens is 194 g/mol. The Labute approximate surface area is 88.2 Å². The lowest BCUT2D eigenvalue weighted by Gasteiger charge is -1.96. The minimum absolute atomic E-state index is 0.240. The molecule has 15 heavy (non-hydrogen) atoms. The summed E-state index contributed by atoms with van der Waals surface area (Å²) >= 11 is 0. The zero-order valence-corrected chi connectivity index (χ0v) is 8.29. The maximum Gasteiger partial charge on any atom is 0.126 e. The van der Waals surface area contributed by atoms with Crippen molar-refractivity contribution in [3.8, 4) is 0 Å².